The number of H-pyrrole nitrogens is 1. The highest BCUT2D eigenvalue weighted by atomic mass is 15.3. The highest BCUT2D eigenvalue weighted by Gasteiger charge is 2.15. The molecule has 0 saturated carbocycles. The summed E-state index contributed by atoms with van der Waals surface area (Å²) in [6.07, 6.45) is 12.1. The minimum Gasteiger partial charge on any atom is -0.346 e. The zero-order valence-electron chi connectivity index (χ0n) is 14.8. The highest BCUT2D eigenvalue weighted by Crippen LogP contribution is 2.35. The minimum absolute atomic E-state index is 0.844. The Morgan fingerprint density at radius 3 is 2.92 bits per heavy atom. The van der Waals surface area contributed by atoms with Crippen molar-refractivity contribution in [3.63, 3.8) is 0 Å². The van der Waals surface area contributed by atoms with Gasteiger partial charge in [0.25, 0.3) is 0 Å². The van der Waals surface area contributed by atoms with E-state index in [1.54, 1.807) is 10.8 Å². The van der Waals surface area contributed by atoms with E-state index in [0.29, 0.717) is 0 Å². The third kappa shape index (κ3) is 2.28. The first-order valence-corrected chi connectivity index (χ1v) is 8.85. The van der Waals surface area contributed by atoms with Crippen LogP contribution in [0.4, 0.5) is 0 Å². The molecule has 0 atom stereocenters. The van der Waals surface area contributed by atoms with E-state index < -0.39 is 0 Å². The molecule has 0 amide bonds. The Hall–Kier alpha value is -3.21. The van der Waals surface area contributed by atoms with Gasteiger partial charge in [0.2, 0.25) is 0 Å². The molecule has 0 saturated heterocycles. The maximum absolute atomic E-state index is 4.67. The van der Waals surface area contributed by atoms with E-state index in [2.05, 4.69) is 52.1 Å². The summed E-state index contributed by atoms with van der Waals surface area (Å²) in [4.78, 5) is 12.2. The topological polar surface area (TPSA) is 58.9 Å². The molecule has 4 heterocycles. The predicted octanol–water partition coefficient (Wildman–Crippen LogP) is 4.79. The van der Waals surface area contributed by atoms with E-state index in [1.807, 2.05) is 24.7 Å². The molecule has 1 N–H and O–H groups in total. The van der Waals surface area contributed by atoms with Gasteiger partial charge in [-0.3, -0.25) is 0 Å². The third-order valence-electron chi connectivity index (χ3n) is 5.20. The predicted molar refractivity (Wildman–Crippen MR) is 104 cm³/mol. The maximum atomic E-state index is 4.67. The Labute approximate surface area is 151 Å². The Kier molecular flexibility index (Phi) is 3.28. The number of fused-ring (bicyclic) bond motifs is 2. The SMILES string of the molecule is CC1=CCCC(C)=C1c1cnc2[nH]cc(-c3ccc4ncnn4c3)c2c1. The Balaban J connectivity index is 1.69. The molecule has 1 aliphatic rings. The number of nitrogens with one attached hydrogen (secondary N) is 1. The first kappa shape index (κ1) is 15.1. The molecule has 0 bridgehead atoms. The van der Waals surface area contributed by atoms with Crippen LogP contribution in [0, 0.1) is 0 Å². The van der Waals surface area contributed by atoms with Gasteiger partial charge in [-0.05, 0) is 56.0 Å². The minimum atomic E-state index is 0.844. The van der Waals surface area contributed by atoms with Gasteiger partial charge in [-0.15, -0.1) is 0 Å². The molecule has 0 unspecified atom stereocenters. The molecule has 0 radical (unpaired) electrons. The standard InChI is InChI=1S/C21H19N5/c1-13-4-3-5-14(2)20(13)16-8-17-18(10-23-21(17)22-9-16)15-6-7-19-24-12-25-26(19)11-15/h4,6-12H,3,5H2,1-2H3,(H,22,23). The summed E-state index contributed by atoms with van der Waals surface area (Å²) in [5.74, 6) is 0. The summed E-state index contributed by atoms with van der Waals surface area (Å²) < 4.78 is 1.80. The summed E-state index contributed by atoms with van der Waals surface area (Å²) >= 11 is 0. The van der Waals surface area contributed by atoms with Crippen LogP contribution in [0.3, 0.4) is 0 Å². The van der Waals surface area contributed by atoms with Gasteiger partial charge in [-0.1, -0.05) is 11.6 Å². The summed E-state index contributed by atoms with van der Waals surface area (Å²) in [7, 11) is 0. The second-order valence-corrected chi connectivity index (χ2v) is 6.88. The van der Waals surface area contributed by atoms with Crippen molar-refractivity contribution >= 4 is 22.3 Å². The van der Waals surface area contributed by atoms with Crippen molar-refractivity contribution in [3.8, 4) is 11.1 Å². The summed E-state index contributed by atoms with van der Waals surface area (Å²) in [6, 6.07) is 6.32. The Bertz CT molecular complexity index is 1210. The second kappa shape index (κ2) is 5.66. The Morgan fingerprint density at radius 2 is 2.04 bits per heavy atom. The molecule has 5 nitrogen and oxygen atoms in total. The first-order chi connectivity index (χ1) is 12.7. The zero-order chi connectivity index (χ0) is 17.7. The van der Waals surface area contributed by atoms with Crippen LogP contribution < -0.4 is 0 Å². The molecule has 1 aliphatic carbocycles. The van der Waals surface area contributed by atoms with Gasteiger partial charge < -0.3 is 4.98 Å². The van der Waals surface area contributed by atoms with Gasteiger partial charge in [0, 0.05) is 40.7 Å². The van der Waals surface area contributed by atoms with E-state index in [4.69, 9.17) is 0 Å². The van der Waals surface area contributed by atoms with Crippen molar-refractivity contribution in [1.29, 1.82) is 0 Å². The third-order valence-corrected chi connectivity index (χ3v) is 5.20. The number of aromatic amines is 1. The van der Waals surface area contributed by atoms with Gasteiger partial charge >= 0.3 is 0 Å². The number of rotatable bonds is 2. The van der Waals surface area contributed by atoms with Crippen LogP contribution in [0.1, 0.15) is 32.3 Å². The number of aromatic nitrogens is 5. The highest BCUT2D eigenvalue weighted by molar-refractivity contribution is 5.96. The normalized spacial score (nSPS) is 15.1. The van der Waals surface area contributed by atoms with Crippen molar-refractivity contribution in [1.82, 2.24) is 24.6 Å². The summed E-state index contributed by atoms with van der Waals surface area (Å²) in [5.41, 5.74) is 9.27. The molecule has 4 aromatic heterocycles. The van der Waals surface area contributed by atoms with E-state index >= 15 is 0 Å². The zero-order valence-corrected chi connectivity index (χ0v) is 14.8. The van der Waals surface area contributed by atoms with Crippen molar-refractivity contribution in [3.05, 3.63) is 65.9 Å². The van der Waals surface area contributed by atoms with E-state index in [0.717, 1.165) is 40.6 Å². The second-order valence-electron chi connectivity index (χ2n) is 6.88. The van der Waals surface area contributed by atoms with Crippen LogP contribution in [0.15, 0.2) is 60.3 Å². The number of hydrogen-bond acceptors (Lipinski definition) is 3. The quantitative estimate of drug-likeness (QED) is 0.570. The average Bonchev–Trinajstić information content (AvgIpc) is 3.27. The Morgan fingerprint density at radius 1 is 1.12 bits per heavy atom. The van der Waals surface area contributed by atoms with Crippen LogP contribution in [-0.4, -0.2) is 24.6 Å². The molecule has 0 aliphatic heterocycles. The molecule has 0 fully saturated rings. The van der Waals surface area contributed by atoms with Crippen LogP contribution >= 0.6 is 0 Å². The molecule has 5 rings (SSSR count). The molecule has 128 valence electrons. The largest absolute Gasteiger partial charge is 0.346 e. The van der Waals surface area contributed by atoms with Gasteiger partial charge in [0.05, 0.1) is 0 Å². The average molecular weight is 341 g/mol. The fourth-order valence-corrected chi connectivity index (χ4v) is 3.90. The molecule has 0 aromatic carbocycles. The monoisotopic (exact) mass is 341 g/mol. The molecule has 26 heavy (non-hydrogen) atoms. The molecule has 5 heteroatoms. The smallest absolute Gasteiger partial charge is 0.155 e. The number of nitrogens with zero attached hydrogens (tertiary/aromatic N) is 4. The van der Waals surface area contributed by atoms with E-state index in [1.165, 1.54) is 22.3 Å². The van der Waals surface area contributed by atoms with Gasteiger partial charge in [-0.25, -0.2) is 14.5 Å². The summed E-state index contributed by atoms with van der Waals surface area (Å²) in [5, 5.41) is 5.37. The maximum Gasteiger partial charge on any atom is 0.155 e. The lowest BCUT2D eigenvalue weighted by Crippen LogP contribution is -1.97. The van der Waals surface area contributed by atoms with Crippen molar-refractivity contribution in [2.24, 2.45) is 0 Å². The van der Waals surface area contributed by atoms with Gasteiger partial charge in [0.15, 0.2) is 5.65 Å². The van der Waals surface area contributed by atoms with E-state index in [9.17, 15) is 0 Å². The lowest BCUT2D eigenvalue weighted by Gasteiger charge is -2.17. The number of allylic oxidation sites excluding steroid dienone is 4. The van der Waals surface area contributed by atoms with Crippen molar-refractivity contribution < 1.29 is 0 Å². The molecular formula is C21H19N5. The lowest BCUT2D eigenvalue weighted by molar-refractivity contribution is 0.952. The summed E-state index contributed by atoms with van der Waals surface area (Å²) in [6.45, 7) is 4.42. The van der Waals surface area contributed by atoms with Crippen molar-refractivity contribution in [2.45, 2.75) is 26.7 Å². The fourth-order valence-electron chi connectivity index (χ4n) is 3.90. The van der Waals surface area contributed by atoms with Crippen LogP contribution in [-0.2, 0) is 0 Å². The molecule has 0 spiro atoms. The lowest BCUT2D eigenvalue weighted by atomic mass is 9.88. The number of pyridine rings is 2. The van der Waals surface area contributed by atoms with Crippen LogP contribution in [0.25, 0.3) is 33.4 Å². The van der Waals surface area contributed by atoms with Crippen LogP contribution in [0.2, 0.25) is 0 Å². The molecular weight excluding hydrogens is 322 g/mol. The molecule has 4 aromatic rings. The van der Waals surface area contributed by atoms with Gasteiger partial charge in [-0.2, -0.15) is 5.10 Å². The van der Waals surface area contributed by atoms with E-state index in [-0.39, 0.29) is 0 Å². The van der Waals surface area contributed by atoms with Crippen molar-refractivity contribution in [2.75, 3.05) is 0 Å². The fraction of sp³-hybridized carbons (Fsp3) is 0.190. The van der Waals surface area contributed by atoms with Gasteiger partial charge in [0.1, 0.15) is 12.0 Å². The van der Waals surface area contributed by atoms with Crippen LogP contribution in [0.5, 0.6) is 0 Å². The first-order valence-electron chi connectivity index (χ1n) is 8.85. The number of hydrogen-bond donors (Lipinski definition) is 1.